The molecule has 0 spiro atoms. The smallest absolute Gasteiger partial charge is 0.205 e. The lowest BCUT2D eigenvalue weighted by Gasteiger charge is -1.90. The minimum Gasteiger partial charge on any atom is -0.205 e. The Kier molecular flexibility index (Phi) is 3.08. The maximum absolute atomic E-state index is 12.7. The van der Waals surface area contributed by atoms with Crippen LogP contribution < -0.4 is 0 Å². The van der Waals surface area contributed by atoms with Crippen LogP contribution in [0.4, 0.5) is 17.8 Å². The summed E-state index contributed by atoms with van der Waals surface area (Å²) in [5.74, 6) is -0.629. The molecular formula is C7H4F3NS. The van der Waals surface area contributed by atoms with Gasteiger partial charge >= 0.3 is 0 Å². The van der Waals surface area contributed by atoms with E-state index in [-0.39, 0.29) is 5.69 Å². The van der Waals surface area contributed by atoms with Crippen LogP contribution in [0, 0.1) is 5.82 Å². The average Bonchev–Trinajstić information content (AvgIpc) is 2.03. The van der Waals surface area contributed by atoms with Gasteiger partial charge in [-0.1, -0.05) is 12.1 Å². The molecule has 0 saturated carbocycles. The van der Waals surface area contributed by atoms with Crippen LogP contribution in [0.15, 0.2) is 29.3 Å². The number of aliphatic imine (C=N–C) groups is 1. The number of benzene rings is 1. The maximum Gasteiger partial charge on any atom is 0.232 e. The zero-order valence-corrected chi connectivity index (χ0v) is 6.62. The van der Waals surface area contributed by atoms with Crippen molar-refractivity contribution in [2.75, 3.05) is 0 Å². The largest absolute Gasteiger partial charge is 0.232 e. The molecule has 0 N–H and O–H groups in total. The molecule has 0 saturated heterocycles. The fourth-order valence-electron chi connectivity index (χ4n) is 0.626. The van der Waals surface area contributed by atoms with Crippen LogP contribution in [0.2, 0.25) is 0 Å². The Bertz CT molecular complexity index is 340. The number of halogens is 3. The molecule has 64 valence electrons. The van der Waals surface area contributed by atoms with Crippen LogP contribution in [-0.2, 0) is 0 Å². The number of nitrogens with zero attached hydrogens (tertiary/aromatic N) is 1. The molecule has 0 atom stereocenters. The highest BCUT2D eigenvalue weighted by molar-refractivity contribution is 8.05. The molecule has 0 aliphatic carbocycles. The van der Waals surface area contributed by atoms with E-state index in [1.807, 2.05) is 0 Å². The van der Waals surface area contributed by atoms with Gasteiger partial charge in [-0.3, -0.25) is 0 Å². The van der Waals surface area contributed by atoms with Gasteiger partial charge in [-0.05, 0) is 12.1 Å². The van der Waals surface area contributed by atoms with Crippen molar-refractivity contribution in [1.82, 2.24) is 0 Å². The Morgan fingerprint density at radius 1 is 1.25 bits per heavy atom. The van der Waals surface area contributed by atoms with Crippen molar-refractivity contribution >= 4 is 22.1 Å². The first-order chi connectivity index (χ1) is 5.70. The summed E-state index contributed by atoms with van der Waals surface area (Å²) in [5.41, 5.74) is -0.120. The van der Waals surface area contributed by atoms with Crippen LogP contribution in [0.3, 0.4) is 0 Å². The van der Waals surface area contributed by atoms with Gasteiger partial charge in [0.25, 0.3) is 0 Å². The molecule has 0 amide bonds. The summed E-state index contributed by atoms with van der Waals surface area (Å²) in [7, 11) is 0. The Morgan fingerprint density at radius 3 is 2.50 bits per heavy atom. The van der Waals surface area contributed by atoms with E-state index in [0.29, 0.717) is 0 Å². The van der Waals surface area contributed by atoms with Crippen molar-refractivity contribution in [3.05, 3.63) is 30.1 Å². The molecule has 0 bridgehead atoms. The van der Waals surface area contributed by atoms with Gasteiger partial charge in [0, 0.05) is 0 Å². The summed E-state index contributed by atoms with van der Waals surface area (Å²) in [6, 6.07) is 5.42. The molecule has 0 aliphatic rings. The molecule has 0 fully saturated rings. The van der Waals surface area contributed by atoms with Crippen LogP contribution >= 0.6 is 11.3 Å². The van der Waals surface area contributed by atoms with E-state index in [9.17, 15) is 12.2 Å². The molecule has 0 unspecified atom stereocenters. The molecule has 1 rings (SSSR count). The number of hydrogen-bond acceptors (Lipinski definition) is 1. The van der Waals surface area contributed by atoms with Gasteiger partial charge in [0.15, 0.2) is 0 Å². The molecule has 5 heteroatoms. The maximum atomic E-state index is 12.7. The van der Waals surface area contributed by atoms with E-state index in [1.54, 1.807) is 0 Å². The van der Waals surface area contributed by atoms with Gasteiger partial charge in [-0.2, -0.15) is 4.99 Å². The first-order valence-corrected chi connectivity index (χ1v) is 4.00. The summed E-state index contributed by atoms with van der Waals surface area (Å²) in [6.45, 7) is 0. The van der Waals surface area contributed by atoms with Gasteiger partial charge in [0.2, 0.25) is 11.3 Å². The molecule has 12 heavy (non-hydrogen) atoms. The van der Waals surface area contributed by atoms with Gasteiger partial charge in [-0.25, -0.2) is 4.39 Å². The number of para-hydroxylation sites is 1. The van der Waals surface area contributed by atoms with Crippen molar-refractivity contribution in [2.24, 2.45) is 4.99 Å². The Morgan fingerprint density at radius 2 is 1.92 bits per heavy atom. The topological polar surface area (TPSA) is 12.4 Å². The molecule has 0 aliphatic heterocycles. The number of rotatable bonds is 1. The van der Waals surface area contributed by atoms with Gasteiger partial charge in [0.05, 0.1) is 5.16 Å². The molecule has 0 aromatic heterocycles. The second-order valence-corrected chi connectivity index (χ2v) is 2.47. The van der Waals surface area contributed by atoms with Crippen LogP contribution in [0.25, 0.3) is 0 Å². The van der Waals surface area contributed by atoms with E-state index in [0.717, 1.165) is 6.07 Å². The highest BCUT2D eigenvalue weighted by Crippen LogP contribution is 2.17. The van der Waals surface area contributed by atoms with Crippen molar-refractivity contribution in [3.63, 3.8) is 0 Å². The summed E-state index contributed by atoms with van der Waals surface area (Å²) < 4.78 is 35.8. The average molecular weight is 191 g/mol. The normalized spacial score (nSPS) is 9.67. The molecule has 0 heterocycles. The van der Waals surface area contributed by atoms with Crippen LogP contribution in [0.1, 0.15) is 0 Å². The van der Waals surface area contributed by atoms with Gasteiger partial charge in [-0.15, -0.1) is 7.77 Å². The molecule has 1 aromatic carbocycles. The van der Waals surface area contributed by atoms with E-state index < -0.39 is 17.1 Å². The monoisotopic (exact) mass is 191 g/mol. The molecule has 1 aromatic rings. The third-order valence-electron chi connectivity index (χ3n) is 1.09. The Balaban J connectivity index is 3.05. The summed E-state index contributed by atoms with van der Waals surface area (Å²) in [4.78, 5) is 3.14. The van der Waals surface area contributed by atoms with Crippen molar-refractivity contribution in [3.8, 4) is 0 Å². The SMILES string of the molecule is Fc1ccccc1N=C=S(F)F. The first-order valence-electron chi connectivity index (χ1n) is 2.98. The molecule has 1 nitrogen and oxygen atoms in total. The predicted molar refractivity (Wildman–Crippen MR) is 43.3 cm³/mol. The molecular weight excluding hydrogens is 187 g/mol. The zero-order valence-electron chi connectivity index (χ0n) is 5.80. The van der Waals surface area contributed by atoms with Crippen LogP contribution in [-0.4, -0.2) is 5.16 Å². The van der Waals surface area contributed by atoms with Crippen molar-refractivity contribution < 1.29 is 12.2 Å². The summed E-state index contributed by atoms with van der Waals surface area (Å²) >= 11 is -3.01. The Labute approximate surface area is 70.1 Å². The zero-order chi connectivity index (χ0) is 8.97. The molecule has 0 radical (unpaired) electrons. The van der Waals surface area contributed by atoms with E-state index in [2.05, 4.69) is 4.99 Å². The lowest BCUT2D eigenvalue weighted by Crippen LogP contribution is -1.71. The number of isothiocyanates is 1. The third-order valence-corrected chi connectivity index (χ3v) is 1.32. The van der Waals surface area contributed by atoms with E-state index in [4.69, 9.17) is 0 Å². The highest BCUT2D eigenvalue weighted by Gasteiger charge is 1.95. The van der Waals surface area contributed by atoms with Crippen molar-refractivity contribution in [1.29, 1.82) is 0 Å². The lowest BCUT2D eigenvalue weighted by molar-refractivity contribution is 0.630. The highest BCUT2D eigenvalue weighted by atomic mass is 32.2. The fourth-order valence-corrected chi connectivity index (χ4v) is 0.793. The number of hydrogen-bond donors (Lipinski definition) is 0. The quantitative estimate of drug-likeness (QED) is 0.476. The van der Waals surface area contributed by atoms with Crippen molar-refractivity contribution in [2.45, 2.75) is 0 Å². The predicted octanol–water partition coefficient (Wildman–Crippen LogP) is 3.40. The Hall–Kier alpha value is -1.06. The second-order valence-electron chi connectivity index (χ2n) is 1.87. The van der Waals surface area contributed by atoms with E-state index >= 15 is 0 Å². The lowest BCUT2D eigenvalue weighted by atomic mass is 10.3. The van der Waals surface area contributed by atoms with Crippen LogP contribution in [0.5, 0.6) is 0 Å². The third kappa shape index (κ3) is 2.53. The fraction of sp³-hybridized carbons (Fsp3) is 0. The first kappa shape index (κ1) is 9.03. The summed E-state index contributed by atoms with van der Waals surface area (Å²) in [6.07, 6.45) is 0. The van der Waals surface area contributed by atoms with Gasteiger partial charge in [0.1, 0.15) is 11.5 Å². The van der Waals surface area contributed by atoms with E-state index in [1.165, 1.54) is 23.4 Å². The second kappa shape index (κ2) is 4.09. The van der Waals surface area contributed by atoms with Gasteiger partial charge < -0.3 is 0 Å². The minimum atomic E-state index is -3.01. The minimum absolute atomic E-state index is 0.120. The standard InChI is InChI=1S/C7H4F3NS/c8-6-3-1-2-4-7(6)11-5-12(9)10/h1-4H. The summed E-state index contributed by atoms with van der Waals surface area (Å²) in [5, 5.41) is 1.48.